The van der Waals surface area contributed by atoms with E-state index in [2.05, 4.69) is 5.32 Å². The smallest absolute Gasteiger partial charge is 0.166 e. The highest BCUT2D eigenvalue weighted by atomic mass is 19.1. The Bertz CT molecular complexity index is 721. The quantitative estimate of drug-likeness (QED) is 0.700. The van der Waals surface area contributed by atoms with E-state index in [1.807, 2.05) is 24.3 Å². The third-order valence-corrected chi connectivity index (χ3v) is 2.99. The normalized spacial score (nSPS) is 10.8. The molecule has 0 radical (unpaired) electrons. The van der Waals surface area contributed by atoms with Crippen LogP contribution in [0.1, 0.15) is 5.56 Å². The summed E-state index contributed by atoms with van der Waals surface area (Å²) < 4.78 is 18.6. The van der Waals surface area contributed by atoms with Crippen molar-refractivity contribution in [3.63, 3.8) is 0 Å². The summed E-state index contributed by atoms with van der Waals surface area (Å²) in [4.78, 5) is 0. The molecular weight excluding hydrogens is 245 g/mol. The Balaban J connectivity index is 1.80. The van der Waals surface area contributed by atoms with Gasteiger partial charge in [-0.2, -0.15) is 0 Å². The molecule has 96 valence electrons. The van der Waals surface area contributed by atoms with Crippen molar-refractivity contribution >= 4 is 16.7 Å². The van der Waals surface area contributed by atoms with Gasteiger partial charge in [0.05, 0.1) is 6.26 Å². The number of aromatic hydroxyl groups is 1. The van der Waals surface area contributed by atoms with Gasteiger partial charge in [0.25, 0.3) is 0 Å². The molecule has 2 aromatic carbocycles. The molecule has 0 saturated carbocycles. The molecule has 0 aliphatic heterocycles. The maximum absolute atomic E-state index is 13.2. The first-order chi connectivity index (χ1) is 9.24. The molecule has 3 rings (SSSR count). The van der Waals surface area contributed by atoms with Gasteiger partial charge in [-0.15, -0.1) is 0 Å². The third kappa shape index (κ3) is 2.25. The molecule has 0 bridgehead atoms. The number of fused-ring (bicyclic) bond motifs is 1. The van der Waals surface area contributed by atoms with Crippen molar-refractivity contribution in [1.29, 1.82) is 0 Å². The number of halogens is 1. The van der Waals surface area contributed by atoms with Crippen molar-refractivity contribution in [2.45, 2.75) is 6.54 Å². The molecule has 2 N–H and O–H groups in total. The third-order valence-electron chi connectivity index (χ3n) is 2.99. The highest BCUT2D eigenvalue weighted by Crippen LogP contribution is 2.23. The number of phenolic OH excluding ortho intramolecular Hbond substituents is 1. The monoisotopic (exact) mass is 257 g/mol. The number of rotatable bonds is 3. The van der Waals surface area contributed by atoms with Gasteiger partial charge in [0, 0.05) is 29.2 Å². The molecule has 0 saturated heterocycles. The number of para-hydroxylation sites is 1. The SMILES string of the molecule is Oc1ccc(NCc2coc3ccccc23)cc1F. The summed E-state index contributed by atoms with van der Waals surface area (Å²) in [5.41, 5.74) is 2.45. The molecule has 0 aliphatic rings. The van der Waals surface area contributed by atoms with E-state index < -0.39 is 5.82 Å². The van der Waals surface area contributed by atoms with Gasteiger partial charge in [-0.3, -0.25) is 0 Å². The lowest BCUT2D eigenvalue weighted by Gasteiger charge is -2.05. The van der Waals surface area contributed by atoms with E-state index in [1.54, 1.807) is 12.3 Å². The second-order valence-electron chi connectivity index (χ2n) is 4.28. The van der Waals surface area contributed by atoms with Crippen LogP contribution in [-0.4, -0.2) is 5.11 Å². The average molecular weight is 257 g/mol. The van der Waals surface area contributed by atoms with Crippen LogP contribution in [0.25, 0.3) is 11.0 Å². The Labute approximate surface area is 109 Å². The number of furan rings is 1. The van der Waals surface area contributed by atoms with E-state index >= 15 is 0 Å². The molecule has 0 fully saturated rings. The first kappa shape index (κ1) is 11.6. The zero-order chi connectivity index (χ0) is 13.2. The molecule has 0 unspecified atom stereocenters. The van der Waals surface area contributed by atoms with Gasteiger partial charge in [0.15, 0.2) is 11.6 Å². The Morgan fingerprint density at radius 3 is 2.84 bits per heavy atom. The van der Waals surface area contributed by atoms with Crippen LogP contribution < -0.4 is 5.32 Å². The minimum Gasteiger partial charge on any atom is -0.505 e. The van der Waals surface area contributed by atoms with Crippen LogP contribution in [0.3, 0.4) is 0 Å². The molecule has 1 heterocycles. The maximum atomic E-state index is 13.2. The van der Waals surface area contributed by atoms with Crippen molar-refractivity contribution in [3.05, 3.63) is 60.1 Å². The van der Waals surface area contributed by atoms with E-state index in [1.165, 1.54) is 12.1 Å². The standard InChI is InChI=1S/C15H12FNO2/c16-13-7-11(5-6-14(13)18)17-8-10-9-19-15-4-2-1-3-12(10)15/h1-7,9,17-18H,8H2. The lowest BCUT2D eigenvalue weighted by Crippen LogP contribution is -1.98. The van der Waals surface area contributed by atoms with Gasteiger partial charge in [-0.25, -0.2) is 4.39 Å². The summed E-state index contributed by atoms with van der Waals surface area (Å²) >= 11 is 0. The van der Waals surface area contributed by atoms with Crippen LogP contribution in [-0.2, 0) is 6.54 Å². The van der Waals surface area contributed by atoms with E-state index in [0.29, 0.717) is 12.2 Å². The molecular formula is C15H12FNO2. The number of benzene rings is 2. The molecule has 1 aromatic heterocycles. The van der Waals surface area contributed by atoms with Gasteiger partial charge in [-0.05, 0) is 18.2 Å². The molecule has 0 aliphatic carbocycles. The fourth-order valence-corrected chi connectivity index (χ4v) is 1.98. The van der Waals surface area contributed by atoms with Crippen molar-refractivity contribution in [3.8, 4) is 5.75 Å². The molecule has 3 aromatic rings. The van der Waals surface area contributed by atoms with Gasteiger partial charge in [0.2, 0.25) is 0 Å². The van der Waals surface area contributed by atoms with E-state index in [0.717, 1.165) is 16.5 Å². The minimum absolute atomic E-state index is 0.348. The van der Waals surface area contributed by atoms with Crippen molar-refractivity contribution in [2.24, 2.45) is 0 Å². The zero-order valence-electron chi connectivity index (χ0n) is 10.1. The van der Waals surface area contributed by atoms with E-state index in [9.17, 15) is 4.39 Å². The fourth-order valence-electron chi connectivity index (χ4n) is 1.98. The van der Waals surface area contributed by atoms with Crippen molar-refractivity contribution in [1.82, 2.24) is 0 Å². The first-order valence-corrected chi connectivity index (χ1v) is 5.91. The second-order valence-corrected chi connectivity index (χ2v) is 4.28. The number of anilines is 1. The van der Waals surface area contributed by atoms with Crippen LogP contribution in [0.2, 0.25) is 0 Å². The number of hydrogen-bond donors (Lipinski definition) is 2. The van der Waals surface area contributed by atoms with E-state index in [4.69, 9.17) is 9.52 Å². The van der Waals surface area contributed by atoms with Crippen molar-refractivity contribution in [2.75, 3.05) is 5.32 Å². The summed E-state index contributed by atoms with van der Waals surface area (Å²) in [6, 6.07) is 12.0. The topological polar surface area (TPSA) is 45.4 Å². The zero-order valence-corrected chi connectivity index (χ0v) is 10.1. The molecule has 3 nitrogen and oxygen atoms in total. The summed E-state index contributed by atoms with van der Waals surface area (Å²) in [6.07, 6.45) is 1.69. The molecule has 0 spiro atoms. The average Bonchev–Trinajstić information content (AvgIpc) is 2.83. The Morgan fingerprint density at radius 2 is 2.00 bits per heavy atom. The van der Waals surface area contributed by atoms with Gasteiger partial charge in [-0.1, -0.05) is 18.2 Å². The molecule has 19 heavy (non-hydrogen) atoms. The molecule has 4 heteroatoms. The van der Waals surface area contributed by atoms with Crippen LogP contribution in [0.5, 0.6) is 5.75 Å². The fraction of sp³-hybridized carbons (Fsp3) is 0.0667. The molecule has 0 amide bonds. The lowest BCUT2D eigenvalue weighted by molar-refractivity contribution is 0.432. The van der Waals surface area contributed by atoms with Crippen LogP contribution in [0, 0.1) is 5.82 Å². The summed E-state index contributed by atoms with van der Waals surface area (Å²) in [6.45, 7) is 0.529. The minimum atomic E-state index is -0.637. The second kappa shape index (κ2) is 4.65. The number of phenols is 1. The van der Waals surface area contributed by atoms with E-state index in [-0.39, 0.29) is 5.75 Å². The van der Waals surface area contributed by atoms with Gasteiger partial charge >= 0.3 is 0 Å². The van der Waals surface area contributed by atoms with Crippen molar-refractivity contribution < 1.29 is 13.9 Å². The first-order valence-electron chi connectivity index (χ1n) is 5.91. The van der Waals surface area contributed by atoms with Crippen LogP contribution in [0.15, 0.2) is 53.1 Å². The maximum Gasteiger partial charge on any atom is 0.166 e. The van der Waals surface area contributed by atoms with Gasteiger partial charge in [0.1, 0.15) is 5.58 Å². The Kier molecular flexibility index (Phi) is 2.83. The molecule has 0 atom stereocenters. The summed E-state index contributed by atoms with van der Waals surface area (Å²) in [5, 5.41) is 13.3. The largest absolute Gasteiger partial charge is 0.505 e. The number of hydrogen-bond acceptors (Lipinski definition) is 3. The predicted octanol–water partition coefficient (Wildman–Crippen LogP) is 3.89. The van der Waals surface area contributed by atoms with Gasteiger partial charge < -0.3 is 14.8 Å². The summed E-state index contributed by atoms with van der Waals surface area (Å²) in [7, 11) is 0. The van der Waals surface area contributed by atoms with Crippen LogP contribution >= 0.6 is 0 Å². The Morgan fingerprint density at radius 1 is 1.16 bits per heavy atom. The predicted molar refractivity (Wildman–Crippen MR) is 71.6 cm³/mol. The Hall–Kier alpha value is -2.49. The number of nitrogens with one attached hydrogen (secondary N) is 1. The highest BCUT2D eigenvalue weighted by Gasteiger charge is 2.06. The summed E-state index contributed by atoms with van der Waals surface area (Å²) in [5.74, 6) is -0.985. The lowest BCUT2D eigenvalue weighted by atomic mass is 10.2. The highest BCUT2D eigenvalue weighted by molar-refractivity contribution is 5.81. The van der Waals surface area contributed by atoms with Crippen LogP contribution in [0.4, 0.5) is 10.1 Å².